The van der Waals surface area contributed by atoms with Crippen LogP contribution in [0.1, 0.15) is 0 Å². The van der Waals surface area contributed by atoms with Gasteiger partial charge in [-0.2, -0.15) is 0 Å². The van der Waals surface area contributed by atoms with Crippen LogP contribution in [0.4, 0.5) is 14.5 Å². The number of hydrogen-bond donors (Lipinski definition) is 1. The number of nitrogens with zero attached hydrogens (tertiary/aromatic N) is 1. The van der Waals surface area contributed by atoms with E-state index in [4.69, 9.17) is 11.6 Å². The van der Waals surface area contributed by atoms with E-state index in [1.165, 1.54) is 0 Å². The SMILES string of the molecule is O=[N+]([O-])c1cc(S(=O)(=O)NCCOCC(F)F)ccc1Cl. The average molecular weight is 345 g/mol. The summed E-state index contributed by atoms with van der Waals surface area (Å²) in [6.07, 6.45) is -2.64. The fourth-order valence-corrected chi connectivity index (χ4v) is 2.52. The maximum atomic E-state index is 11.8. The Kier molecular flexibility index (Phi) is 6.40. The van der Waals surface area contributed by atoms with Gasteiger partial charge in [-0.3, -0.25) is 10.1 Å². The van der Waals surface area contributed by atoms with Crippen molar-refractivity contribution in [3.05, 3.63) is 33.3 Å². The number of nitro groups is 1. The van der Waals surface area contributed by atoms with Crippen LogP contribution in [-0.4, -0.2) is 39.5 Å². The van der Waals surface area contributed by atoms with E-state index < -0.39 is 33.7 Å². The van der Waals surface area contributed by atoms with Gasteiger partial charge in [-0.1, -0.05) is 11.6 Å². The molecule has 0 aromatic heterocycles. The van der Waals surface area contributed by atoms with Gasteiger partial charge in [0.25, 0.3) is 12.1 Å². The van der Waals surface area contributed by atoms with Crippen molar-refractivity contribution in [2.75, 3.05) is 19.8 Å². The second-order valence-electron chi connectivity index (χ2n) is 3.73. The lowest BCUT2D eigenvalue weighted by Gasteiger charge is -2.07. The Morgan fingerprint density at radius 1 is 1.43 bits per heavy atom. The van der Waals surface area contributed by atoms with Crippen LogP contribution in [-0.2, 0) is 14.8 Å². The molecule has 118 valence electrons. The lowest BCUT2D eigenvalue weighted by atomic mass is 10.3. The van der Waals surface area contributed by atoms with E-state index in [2.05, 4.69) is 9.46 Å². The molecule has 0 unspecified atom stereocenters. The van der Waals surface area contributed by atoms with Crippen LogP contribution < -0.4 is 4.72 Å². The van der Waals surface area contributed by atoms with Gasteiger partial charge < -0.3 is 4.74 Å². The lowest BCUT2D eigenvalue weighted by molar-refractivity contribution is -0.384. The second-order valence-corrected chi connectivity index (χ2v) is 5.91. The molecule has 0 saturated heterocycles. The summed E-state index contributed by atoms with van der Waals surface area (Å²) >= 11 is 5.57. The average Bonchev–Trinajstić information content (AvgIpc) is 2.37. The van der Waals surface area contributed by atoms with Gasteiger partial charge in [-0.15, -0.1) is 0 Å². The van der Waals surface area contributed by atoms with Crippen LogP contribution in [0, 0.1) is 10.1 Å². The first-order valence-electron chi connectivity index (χ1n) is 5.53. The summed E-state index contributed by atoms with van der Waals surface area (Å²) in [5, 5.41) is 10.5. The third-order valence-electron chi connectivity index (χ3n) is 2.21. The molecule has 0 radical (unpaired) electrons. The molecule has 11 heteroatoms. The van der Waals surface area contributed by atoms with Gasteiger partial charge in [0.2, 0.25) is 10.0 Å². The maximum Gasteiger partial charge on any atom is 0.289 e. The van der Waals surface area contributed by atoms with E-state index in [1.54, 1.807) is 0 Å². The van der Waals surface area contributed by atoms with E-state index in [1.807, 2.05) is 0 Å². The zero-order chi connectivity index (χ0) is 16.0. The largest absolute Gasteiger partial charge is 0.374 e. The summed E-state index contributed by atoms with van der Waals surface area (Å²) in [4.78, 5) is 9.51. The summed E-state index contributed by atoms with van der Waals surface area (Å²) in [5.41, 5.74) is -0.548. The van der Waals surface area contributed by atoms with Crippen LogP contribution in [0.2, 0.25) is 5.02 Å². The minimum absolute atomic E-state index is 0.195. The molecule has 0 fully saturated rings. The van der Waals surface area contributed by atoms with Crippen molar-refractivity contribution < 1.29 is 26.9 Å². The highest BCUT2D eigenvalue weighted by atomic mass is 35.5. The smallest absolute Gasteiger partial charge is 0.289 e. The van der Waals surface area contributed by atoms with Crippen molar-refractivity contribution in [3.8, 4) is 0 Å². The van der Waals surface area contributed by atoms with Crippen molar-refractivity contribution in [3.63, 3.8) is 0 Å². The number of halogens is 3. The van der Waals surface area contributed by atoms with E-state index in [0.717, 1.165) is 18.2 Å². The quantitative estimate of drug-likeness (QED) is 0.440. The molecular weight excluding hydrogens is 334 g/mol. The monoisotopic (exact) mass is 344 g/mol. The van der Waals surface area contributed by atoms with Crippen molar-refractivity contribution >= 4 is 27.3 Å². The summed E-state index contributed by atoms with van der Waals surface area (Å²) in [7, 11) is -4.01. The standard InChI is InChI=1S/C10H11ClF2N2O5S/c11-8-2-1-7(5-9(8)15(16)17)21(18,19)14-3-4-20-6-10(12)13/h1-2,5,10,14H,3-4,6H2. The molecule has 0 spiro atoms. The Hall–Kier alpha value is -1.36. The summed E-state index contributed by atoms with van der Waals surface area (Å²) in [6.45, 7) is -1.29. The predicted molar refractivity (Wildman–Crippen MR) is 70.1 cm³/mol. The first-order chi connectivity index (χ1) is 9.74. The third kappa shape index (κ3) is 5.50. The number of rotatable bonds is 8. The van der Waals surface area contributed by atoms with Gasteiger partial charge in [0.15, 0.2) is 0 Å². The maximum absolute atomic E-state index is 11.8. The molecule has 1 aromatic carbocycles. The molecule has 0 saturated carbocycles. The minimum atomic E-state index is -4.01. The molecule has 0 aliphatic rings. The molecule has 0 atom stereocenters. The highest BCUT2D eigenvalue weighted by Gasteiger charge is 2.20. The van der Waals surface area contributed by atoms with Crippen LogP contribution in [0.5, 0.6) is 0 Å². The number of ether oxygens (including phenoxy) is 1. The van der Waals surface area contributed by atoms with Gasteiger partial charge in [-0.05, 0) is 12.1 Å². The molecule has 0 aliphatic carbocycles. The normalized spacial score (nSPS) is 11.8. The van der Waals surface area contributed by atoms with Crippen LogP contribution in [0.15, 0.2) is 23.1 Å². The topological polar surface area (TPSA) is 98.5 Å². The first kappa shape index (κ1) is 17.7. The van der Waals surface area contributed by atoms with E-state index >= 15 is 0 Å². The van der Waals surface area contributed by atoms with Gasteiger partial charge in [0.1, 0.15) is 11.6 Å². The Bertz CT molecular complexity index is 611. The van der Waals surface area contributed by atoms with E-state index in [-0.39, 0.29) is 23.1 Å². The van der Waals surface area contributed by atoms with Crippen molar-refractivity contribution in [2.45, 2.75) is 11.3 Å². The molecule has 1 N–H and O–H groups in total. The molecule has 0 aliphatic heterocycles. The number of nitro benzene ring substituents is 1. The zero-order valence-electron chi connectivity index (χ0n) is 10.5. The first-order valence-corrected chi connectivity index (χ1v) is 7.39. The summed E-state index contributed by atoms with van der Waals surface area (Å²) in [5.74, 6) is 0. The van der Waals surface area contributed by atoms with Crippen molar-refractivity contribution in [1.29, 1.82) is 0 Å². The number of benzene rings is 1. The third-order valence-corrected chi connectivity index (χ3v) is 3.99. The van der Waals surface area contributed by atoms with Crippen LogP contribution >= 0.6 is 11.6 Å². The number of hydrogen-bond acceptors (Lipinski definition) is 5. The lowest BCUT2D eigenvalue weighted by Crippen LogP contribution is -2.28. The fraction of sp³-hybridized carbons (Fsp3) is 0.400. The van der Waals surface area contributed by atoms with Gasteiger partial charge in [0.05, 0.1) is 16.4 Å². The highest BCUT2D eigenvalue weighted by Crippen LogP contribution is 2.26. The molecule has 1 aromatic rings. The van der Waals surface area contributed by atoms with Crippen LogP contribution in [0.3, 0.4) is 0 Å². The summed E-state index contributed by atoms with van der Waals surface area (Å²) < 4.78 is 53.8. The molecule has 1 rings (SSSR count). The van der Waals surface area contributed by atoms with E-state index in [9.17, 15) is 27.3 Å². The Labute approximate surface area is 124 Å². The number of nitrogens with one attached hydrogen (secondary N) is 1. The number of sulfonamides is 1. The van der Waals surface area contributed by atoms with Crippen molar-refractivity contribution in [1.82, 2.24) is 4.72 Å². The molecule has 0 heterocycles. The van der Waals surface area contributed by atoms with Gasteiger partial charge in [0, 0.05) is 12.6 Å². The Morgan fingerprint density at radius 3 is 2.67 bits per heavy atom. The minimum Gasteiger partial charge on any atom is -0.374 e. The van der Waals surface area contributed by atoms with Gasteiger partial charge in [-0.25, -0.2) is 21.9 Å². The molecule has 7 nitrogen and oxygen atoms in total. The number of alkyl halides is 2. The zero-order valence-corrected chi connectivity index (χ0v) is 12.0. The Morgan fingerprint density at radius 2 is 2.10 bits per heavy atom. The molecule has 21 heavy (non-hydrogen) atoms. The summed E-state index contributed by atoms with van der Waals surface area (Å²) in [6, 6.07) is 2.99. The molecule has 0 amide bonds. The van der Waals surface area contributed by atoms with Gasteiger partial charge >= 0.3 is 0 Å². The van der Waals surface area contributed by atoms with Crippen molar-refractivity contribution in [2.24, 2.45) is 0 Å². The Balaban J connectivity index is 2.70. The van der Waals surface area contributed by atoms with E-state index in [0.29, 0.717) is 0 Å². The fourth-order valence-electron chi connectivity index (χ4n) is 1.30. The predicted octanol–water partition coefficient (Wildman–Crippen LogP) is 1.81. The second kappa shape index (κ2) is 7.59. The highest BCUT2D eigenvalue weighted by molar-refractivity contribution is 7.89. The molecular formula is C10H11ClF2N2O5S. The molecule has 0 bridgehead atoms. The van der Waals surface area contributed by atoms with Crippen LogP contribution in [0.25, 0.3) is 0 Å².